The average molecular weight is 266 g/mol. The summed E-state index contributed by atoms with van der Waals surface area (Å²) in [6, 6.07) is 0. The third-order valence-corrected chi connectivity index (χ3v) is 4.03. The molecule has 19 heavy (non-hydrogen) atoms. The highest BCUT2D eigenvalue weighted by Crippen LogP contribution is 2.48. The van der Waals surface area contributed by atoms with Crippen molar-refractivity contribution < 1.29 is 0 Å². The van der Waals surface area contributed by atoms with E-state index in [1.807, 2.05) is 6.92 Å². The lowest BCUT2D eigenvalue weighted by molar-refractivity contribution is 0.520. The van der Waals surface area contributed by atoms with E-state index in [0.29, 0.717) is 17.6 Å². The van der Waals surface area contributed by atoms with Gasteiger partial charge in [0.05, 0.1) is 0 Å². The summed E-state index contributed by atoms with van der Waals surface area (Å²) in [5.41, 5.74) is 5.71. The second kappa shape index (κ2) is 5.11. The van der Waals surface area contributed by atoms with Gasteiger partial charge in [-0.2, -0.15) is 0 Å². The maximum atomic E-state index is 11.8. The largest absolute Gasteiger partial charge is 0.383 e. The highest BCUT2D eigenvalue weighted by atomic mass is 16.2. The zero-order valence-electron chi connectivity index (χ0n) is 11.6. The minimum absolute atomic E-state index is 0.238. The Morgan fingerprint density at radius 1 is 1.37 bits per heavy atom. The number of hydrogen-bond donors (Lipinski definition) is 3. The summed E-state index contributed by atoms with van der Waals surface area (Å²) in [6.07, 6.45) is 4.24. The zero-order chi connectivity index (χ0) is 14.0. The SMILES string of the molecule is CCCn1c(N)c(NCC2(CC)CC2)c(=O)[nH]c1=O. The second-order valence-corrected chi connectivity index (χ2v) is 5.38. The van der Waals surface area contributed by atoms with Crippen molar-refractivity contribution in [3.05, 3.63) is 20.8 Å². The Morgan fingerprint density at radius 3 is 2.58 bits per heavy atom. The first-order chi connectivity index (χ1) is 9.03. The molecule has 6 nitrogen and oxygen atoms in total. The van der Waals surface area contributed by atoms with Gasteiger partial charge in [-0.15, -0.1) is 0 Å². The Hall–Kier alpha value is -1.72. The van der Waals surface area contributed by atoms with Gasteiger partial charge in [0, 0.05) is 13.1 Å². The summed E-state index contributed by atoms with van der Waals surface area (Å²) >= 11 is 0. The van der Waals surface area contributed by atoms with Gasteiger partial charge in [0.1, 0.15) is 11.5 Å². The van der Waals surface area contributed by atoms with Crippen LogP contribution in [-0.2, 0) is 6.54 Å². The molecule has 6 heteroatoms. The third kappa shape index (κ3) is 2.67. The van der Waals surface area contributed by atoms with Crippen LogP contribution in [-0.4, -0.2) is 16.1 Å². The number of anilines is 2. The molecule has 106 valence electrons. The minimum Gasteiger partial charge on any atom is -0.383 e. The average Bonchev–Trinajstić information content (AvgIpc) is 3.15. The number of nitrogens with zero attached hydrogens (tertiary/aromatic N) is 1. The lowest BCUT2D eigenvalue weighted by atomic mass is 10.0. The van der Waals surface area contributed by atoms with Crippen molar-refractivity contribution in [2.75, 3.05) is 17.6 Å². The van der Waals surface area contributed by atoms with Gasteiger partial charge in [-0.05, 0) is 31.1 Å². The molecule has 1 aromatic heterocycles. The standard InChI is InChI=1S/C13H22N4O2/c1-3-7-17-10(14)9(11(18)16-12(17)19)15-8-13(4-2)5-6-13/h15H,3-8,14H2,1-2H3,(H,16,18,19). The molecular weight excluding hydrogens is 244 g/mol. The normalized spacial score (nSPS) is 16.3. The van der Waals surface area contributed by atoms with Crippen LogP contribution in [0.3, 0.4) is 0 Å². The van der Waals surface area contributed by atoms with Gasteiger partial charge >= 0.3 is 5.69 Å². The van der Waals surface area contributed by atoms with Gasteiger partial charge in [0.25, 0.3) is 5.56 Å². The van der Waals surface area contributed by atoms with Gasteiger partial charge in [-0.3, -0.25) is 14.3 Å². The van der Waals surface area contributed by atoms with Crippen molar-refractivity contribution in [3.8, 4) is 0 Å². The van der Waals surface area contributed by atoms with Gasteiger partial charge in [0.15, 0.2) is 0 Å². The molecule has 1 fully saturated rings. The number of nitrogens with one attached hydrogen (secondary N) is 2. The van der Waals surface area contributed by atoms with E-state index in [2.05, 4.69) is 17.2 Å². The first-order valence-corrected chi connectivity index (χ1v) is 6.89. The first kappa shape index (κ1) is 13.7. The summed E-state index contributed by atoms with van der Waals surface area (Å²) < 4.78 is 1.41. The maximum Gasteiger partial charge on any atom is 0.330 e. The predicted octanol–water partition coefficient (Wildman–Crippen LogP) is 1.13. The van der Waals surface area contributed by atoms with E-state index in [9.17, 15) is 9.59 Å². The van der Waals surface area contributed by atoms with Crippen molar-refractivity contribution in [2.45, 2.75) is 46.1 Å². The molecule has 0 saturated heterocycles. The van der Waals surface area contributed by atoms with Gasteiger partial charge in [-0.25, -0.2) is 4.79 Å². The van der Waals surface area contributed by atoms with Gasteiger partial charge in [0.2, 0.25) is 0 Å². The molecule has 0 spiro atoms. The van der Waals surface area contributed by atoms with E-state index in [-0.39, 0.29) is 5.82 Å². The number of hydrogen-bond acceptors (Lipinski definition) is 4. The number of H-pyrrole nitrogens is 1. The van der Waals surface area contributed by atoms with E-state index >= 15 is 0 Å². The summed E-state index contributed by atoms with van der Waals surface area (Å²) in [5.74, 6) is 0.238. The van der Waals surface area contributed by atoms with Crippen LogP contribution in [0.4, 0.5) is 11.5 Å². The maximum absolute atomic E-state index is 11.8. The van der Waals surface area contributed by atoms with E-state index < -0.39 is 11.2 Å². The molecule has 0 aromatic carbocycles. The van der Waals surface area contributed by atoms with Crippen molar-refractivity contribution in [3.63, 3.8) is 0 Å². The lowest BCUT2D eigenvalue weighted by Gasteiger charge is -2.17. The van der Waals surface area contributed by atoms with Crippen LogP contribution in [0.25, 0.3) is 0 Å². The molecule has 4 N–H and O–H groups in total. The number of aromatic amines is 1. The highest BCUT2D eigenvalue weighted by molar-refractivity contribution is 5.60. The molecule has 0 radical (unpaired) electrons. The Morgan fingerprint density at radius 2 is 2.05 bits per heavy atom. The lowest BCUT2D eigenvalue weighted by Crippen LogP contribution is -2.34. The molecular formula is C13H22N4O2. The molecule has 0 aliphatic heterocycles. The molecule has 1 saturated carbocycles. The van der Waals surface area contributed by atoms with Crippen LogP contribution in [0.5, 0.6) is 0 Å². The zero-order valence-corrected chi connectivity index (χ0v) is 11.6. The van der Waals surface area contributed by atoms with Crippen LogP contribution in [0, 0.1) is 5.41 Å². The Labute approximate surface area is 112 Å². The van der Waals surface area contributed by atoms with Crippen molar-refractivity contribution in [1.82, 2.24) is 9.55 Å². The Balaban J connectivity index is 2.27. The molecule has 1 aliphatic rings. The molecule has 1 aliphatic carbocycles. The Bertz CT molecular complexity index is 569. The predicted molar refractivity (Wildman–Crippen MR) is 76.5 cm³/mol. The first-order valence-electron chi connectivity index (χ1n) is 6.89. The molecule has 0 bridgehead atoms. The molecule has 1 heterocycles. The van der Waals surface area contributed by atoms with E-state index in [4.69, 9.17) is 5.73 Å². The molecule has 2 rings (SSSR count). The monoisotopic (exact) mass is 266 g/mol. The van der Waals surface area contributed by atoms with Crippen molar-refractivity contribution >= 4 is 11.5 Å². The topological polar surface area (TPSA) is 92.9 Å². The molecule has 0 unspecified atom stereocenters. The third-order valence-electron chi connectivity index (χ3n) is 4.03. The number of nitrogens with two attached hydrogens (primary N) is 1. The number of aromatic nitrogens is 2. The molecule has 1 aromatic rings. The van der Waals surface area contributed by atoms with Gasteiger partial charge in [-0.1, -0.05) is 13.8 Å². The number of nitrogen functional groups attached to an aromatic ring is 1. The summed E-state index contributed by atoms with van der Waals surface area (Å²) in [5, 5.41) is 3.13. The van der Waals surface area contributed by atoms with E-state index in [1.54, 1.807) is 0 Å². The van der Waals surface area contributed by atoms with Crippen LogP contribution in [0.1, 0.15) is 39.5 Å². The fourth-order valence-electron chi connectivity index (χ4n) is 2.31. The minimum atomic E-state index is -0.438. The van der Waals surface area contributed by atoms with Crippen LogP contribution < -0.4 is 22.3 Å². The smallest absolute Gasteiger partial charge is 0.330 e. The van der Waals surface area contributed by atoms with Crippen molar-refractivity contribution in [1.29, 1.82) is 0 Å². The molecule has 0 amide bonds. The van der Waals surface area contributed by atoms with Gasteiger partial charge < -0.3 is 11.1 Å². The van der Waals surface area contributed by atoms with E-state index in [1.165, 1.54) is 17.4 Å². The summed E-state index contributed by atoms with van der Waals surface area (Å²) in [4.78, 5) is 25.8. The van der Waals surface area contributed by atoms with Crippen LogP contribution >= 0.6 is 0 Å². The molecule has 0 atom stereocenters. The van der Waals surface area contributed by atoms with Crippen LogP contribution in [0.2, 0.25) is 0 Å². The number of rotatable bonds is 6. The highest BCUT2D eigenvalue weighted by Gasteiger charge is 2.40. The fraction of sp³-hybridized carbons (Fsp3) is 0.692. The van der Waals surface area contributed by atoms with Crippen molar-refractivity contribution in [2.24, 2.45) is 5.41 Å². The van der Waals surface area contributed by atoms with Crippen LogP contribution in [0.15, 0.2) is 9.59 Å². The summed E-state index contributed by atoms with van der Waals surface area (Å²) in [6.45, 7) is 5.36. The fourth-order valence-corrected chi connectivity index (χ4v) is 2.31. The second-order valence-electron chi connectivity index (χ2n) is 5.38. The quantitative estimate of drug-likeness (QED) is 0.719. The Kier molecular flexibility index (Phi) is 3.68. The van der Waals surface area contributed by atoms with E-state index in [0.717, 1.165) is 19.4 Å². The summed E-state index contributed by atoms with van der Waals surface area (Å²) in [7, 11) is 0.